The number of hydrogen-bond donors (Lipinski definition) is 4. The van der Waals surface area contributed by atoms with Gasteiger partial charge in [-0.3, -0.25) is 19.5 Å². The first-order valence-electron chi connectivity index (χ1n) is 9.13. The van der Waals surface area contributed by atoms with Crippen molar-refractivity contribution in [2.24, 2.45) is 4.99 Å². The molecule has 0 saturated heterocycles. The second kappa shape index (κ2) is 8.52. The topological polar surface area (TPSA) is 103 Å². The van der Waals surface area contributed by atoms with Crippen LogP contribution < -0.4 is 20.9 Å². The third-order valence-corrected chi connectivity index (χ3v) is 5.15. The highest BCUT2D eigenvalue weighted by Crippen LogP contribution is 2.29. The van der Waals surface area contributed by atoms with E-state index in [2.05, 4.69) is 35.4 Å². The first-order chi connectivity index (χ1) is 14.1. The summed E-state index contributed by atoms with van der Waals surface area (Å²) in [4.78, 5) is 19.2. The van der Waals surface area contributed by atoms with Crippen molar-refractivity contribution in [2.75, 3.05) is 30.8 Å². The Morgan fingerprint density at radius 2 is 2.17 bits per heavy atom. The van der Waals surface area contributed by atoms with Crippen LogP contribution in [-0.2, 0) is 4.79 Å². The maximum Gasteiger partial charge on any atom is 0.285 e. The molecule has 0 fully saturated rings. The summed E-state index contributed by atoms with van der Waals surface area (Å²) >= 11 is 1.60. The van der Waals surface area contributed by atoms with Gasteiger partial charge in [0.25, 0.3) is 11.7 Å². The van der Waals surface area contributed by atoms with Crippen LogP contribution in [0.4, 0.5) is 11.5 Å². The highest BCUT2D eigenvalue weighted by atomic mass is 32.2. The number of nitrogens with zero attached hydrogens (tertiary/aromatic N) is 4. The number of anilines is 2. The molecule has 2 aliphatic heterocycles. The molecule has 149 valence electrons. The molecule has 3 heterocycles. The number of amides is 1. The highest BCUT2D eigenvalue weighted by Gasteiger charge is 2.37. The van der Waals surface area contributed by atoms with Gasteiger partial charge in [0.15, 0.2) is 12.0 Å². The van der Waals surface area contributed by atoms with Gasteiger partial charge in [0, 0.05) is 22.3 Å². The molecular weight excluding hydrogens is 388 g/mol. The molecule has 2 aromatic rings. The normalized spacial score (nSPS) is 15.7. The number of amidine groups is 1. The van der Waals surface area contributed by atoms with E-state index < -0.39 is 0 Å². The first kappa shape index (κ1) is 19.2. The van der Waals surface area contributed by atoms with Crippen LogP contribution in [-0.4, -0.2) is 46.4 Å². The van der Waals surface area contributed by atoms with Crippen molar-refractivity contribution in [3.05, 3.63) is 60.4 Å². The lowest BCUT2D eigenvalue weighted by Crippen LogP contribution is -2.42. The lowest BCUT2D eigenvalue weighted by atomic mass is 10.3. The average molecular weight is 411 g/mol. The average Bonchev–Trinajstić information content (AvgIpc) is 3.32. The van der Waals surface area contributed by atoms with Crippen LogP contribution in [0.3, 0.4) is 0 Å². The lowest BCUT2D eigenvalue weighted by Gasteiger charge is -2.24. The fourth-order valence-corrected chi connectivity index (χ4v) is 3.78. The highest BCUT2D eigenvalue weighted by molar-refractivity contribution is 7.97. The molecule has 1 aromatic carbocycles. The molecule has 0 atom stereocenters. The monoisotopic (exact) mass is 410 g/mol. The van der Waals surface area contributed by atoms with E-state index in [1.165, 1.54) is 0 Å². The fraction of sp³-hybridized carbons (Fsp3) is 0.211. The number of nitrogens with one attached hydrogen (secondary N) is 4. The summed E-state index contributed by atoms with van der Waals surface area (Å²) in [6.45, 7) is 2.92. The van der Waals surface area contributed by atoms with E-state index in [9.17, 15) is 4.79 Å². The molecule has 0 bridgehead atoms. The number of benzene rings is 1. The summed E-state index contributed by atoms with van der Waals surface area (Å²) in [7, 11) is 1.74. The van der Waals surface area contributed by atoms with Crippen LogP contribution >= 0.6 is 11.9 Å². The van der Waals surface area contributed by atoms with Crippen LogP contribution in [0.5, 0.6) is 0 Å². The van der Waals surface area contributed by atoms with Gasteiger partial charge < -0.3 is 10.6 Å². The SMILES string of the molecule is CNCC(=O)Nc1ccc(SN2C=C(Nc3cc(C)[nH]n3)[N+]3C=CN=C3C2)cc1. The molecule has 1 radical (unpaired) electrons. The van der Waals surface area contributed by atoms with Gasteiger partial charge in [-0.15, -0.1) is 0 Å². The molecule has 2 aliphatic rings. The Balaban J connectivity index is 1.45. The lowest BCUT2D eigenvalue weighted by molar-refractivity contribution is -0.115. The molecule has 0 unspecified atom stereocenters. The maximum absolute atomic E-state index is 11.7. The van der Waals surface area contributed by atoms with Crippen molar-refractivity contribution < 1.29 is 4.79 Å². The second-order valence-corrected chi connectivity index (χ2v) is 7.68. The second-order valence-electron chi connectivity index (χ2n) is 6.56. The Labute approximate surface area is 173 Å². The number of H-pyrrole nitrogens is 1. The van der Waals surface area contributed by atoms with E-state index in [0.717, 1.165) is 33.8 Å². The third kappa shape index (κ3) is 4.67. The number of rotatable bonds is 7. The van der Waals surface area contributed by atoms with Gasteiger partial charge in [-0.2, -0.15) is 10.1 Å². The van der Waals surface area contributed by atoms with E-state index in [0.29, 0.717) is 6.54 Å². The molecule has 10 heteroatoms. The molecule has 1 aromatic heterocycles. The van der Waals surface area contributed by atoms with Crippen LogP contribution in [0.15, 0.2) is 64.6 Å². The van der Waals surface area contributed by atoms with Gasteiger partial charge in [0.05, 0.1) is 18.9 Å². The summed E-state index contributed by atoms with van der Waals surface area (Å²) in [6.07, 6.45) is 5.75. The molecule has 9 nitrogen and oxygen atoms in total. The van der Waals surface area contributed by atoms with Crippen LogP contribution in [0.1, 0.15) is 5.69 Å². The van der Waals surface area contributed by atoms with Crippen molar-refractivity contribution >= 4 is 35.2 Å². The Bertz CT molecular complexity index is 978. The number of aryl methyl sites for hydroxylation is 1. The van der Waals surface area contributed by atoms with Crippen molar-refractivity contribution in [3.63, 3.8) is 0 Å². The summed E-state index contributed by atoms with van der Waals surface area (Å²) in [5.74, 6) is 2.49. The molecule has 0 aliphatic carbocycles. The zero-order valence-electron chi connectivity index (χ0n) is 16.1. The summed E-state index contributed by atoms with van der Waals surface area (Å²) in [6, 6.07) is 9.72. The predicted molar refractivity (Wildman–Crippen MR) is 115 cm³/mol. The number of aliphatic imine (C=N–C) groups is 1. The van der Waals surface area contributed by atoms with Gasteiger partial charge in [-0.1, -0.05) is 0 Å². The van der Waals surface area contributed by atoms with Crippen molar-refractivity contribution in [1.82, 2.24) is 24.7 Å². The van der Waals surface area contributed by atoms with Crippen molar-refractivity contribution in [3.8, 4) is 0 Å². The van der Waals surface area contributed by atoms with Gasteiger partial charge in [-0.25, -0.2) is 0 Å². The Hall–Kier alpha value is -3.08. The molecule has 4 N–H and O–H groups in total. The Kier molecular flexibility index (Phi) is 5.65. The fourth-order valence-electron chi connectivity index (χ4n) is 2.92. The molecular formula is C19H22N8OS+. The number of fused-ring (bicyclic) bond motifs is 1. The van der Waals surface area contributed by atoms with Crippen molar-refractivity contribution in [2.45, 2.75) is 11.8 Å². The number of aromatic amines is 1. The van der Waals surface area contributed by atoms with Gasteiger partial charge >= 0.3 is 0 Å². The number of carbonyl (C=O) groups is 1. The minimum absolute atomic E-state index is 0.0666. The van der Waals surface area contributed by atoms with E-state index in [-0.39, 0.29) is 12.5 Å². The summed E-state index contributed by atoms with van der Waals surface area (Å²) in [5.41, 5.74) is 1.76. The molecule has 0 saturated carbocycles. The van der Waals surface area contributed by atoms with Crippen LogP contribution in [0.2, 0.25) is 0 Å². The van der Waals surface area contributed by atoms with Gasteiger partial charge in [-0.05, 0) is 55.1 Å². The number of likely N-dealkylation sites (N-methyl/N-ethyl adjacent to an activating group) is 1. The number of carbonyl (C=O) groups excluding carboxylic acids is 1. The summed E-state index contributed by atoms with van der Waals surface area (Å²) in [5, 5.41) is 16.2. The molecule has 0 spiro atoms. The molecule has 29 heavy (non-hydrogen) atoms. The minimum Gasteiger partial charge on any atom is -0.325 e. The molecule has 1 amide bonds. The maximum atomic E-state index is 11.7. The number of aromatic nitrogens is 2. The van der Waals surface area contributed by atoms with Crippen molar-refractivity contribution in [1.29, 1.82) is 0 Å². The zero-order chi connectivity index (χ0) is 20.2. The van der Waals surface area contributed by atoms with E-state index in [4.69, 9.17) is 0 Å². The Morgan fingerprint density at radius 3 is 2.90 bits per heavy atom. The molecule has 4 rings (SSSR count). The van der Waals surface area contributed by atoms with E-state index in [1.807, 2.05) is 54.6 Å². The standard InChI is InChI=1S/C19H22N8OS/c1-13-9-16(25-24-13)23-18-12-26(11-17-21-7-8-27(17)18)29-15-5-3-14(4-6-15)22-19(28)10-20-2/h3-9,12,20H,10-11H2,1-2H3,(H,22,28)(H2,23,24,25)/q+1. The third-order valence-electron chi connectivity index (χ3n) is 4.20. The van der Waals surface area contributed by atoms with E-state index >= 15 is 0 Å². The van der Waals surface area contributed by atoms with Gasteiger partial charge in [0.2, 0.25) is 5.91 Å². The largest absolute Gasteiger partial charge is 0.325 e. The zero-order valence-corrected chi connectivity index (χ0v) is 17.0. The first-order valence-corrected chi connectivity index (χ1v) is 9.90. The van der Waals surface area contributed by atoms with Gasteiger partial charge in [0.1, 0.15) is 6.54 Å². The van der Waals surface area contributed by atoms with Crippen LogP contribution in [0.25, 0.3) is 0 Å². The van der Waals surface area contributed by atoms with E-state index in [1.54, 1.807) is 25.2 Å². The number of hydrogen-bond acceptors (Lipinski definition) is 8. The van der Waals surface area contributed by atoms with Crippen LogP contribution in [0, 0.1) is 6.92 Å². The smallest absolute Gasteiger partial charge is 0.285 e. The quantitative estimate of drug-likeness (QED) is 0.412. The summed E-state index contributed by atoms with van der Waals surface area (Å²) < 4.78 is 2.11. The Morgan fingerprint density at radius 1 is 1.34 bits per heavy atom. The predicted octanol–water partition coefficient (Wildman–Crippen LogP) is 2.13. The minimum atomic E-state index is -0.0666.